The smallest absolute Gasteiger partial charge is 0.140 e. The van der Waals surface area contributed by atoms with E-state index < -0.39 is 11.6 Å². The van der Waals surface area contributed by atoms with Crippen molar-refractivity contribution in [3.05, 3.63) is 35.4 Å². The Hall–Kier alpha value is -1.25. The van der Waals surface area contributed by atoms with E-state index in [0.717, 1.165) is 6.07 Å². The second kappa shape index (κ2) is 5.19. The summed E-state index contributed by atoms with van der Waals surface area (Å²) in [6.45, 7) is 5.74. The number of rotatable bonds is 4. The van der Waals surface area contributed by atoms with Gasteiger partial charge < -0.3 is 0 Å². The summed E-state index contributed by atoms with van der Waals surface area (Å²) < 4.78 is 25.8. The average molecular weight is 226 g/mol. The van der Waals surface area contributed by atoms with Gasteiger partial charge in [-0.1, -0.05) is 20.8 Å². The largest absolute Gasteiger partial charge is 0.299 e. The third kappa shape index (κ3) is 3.40. The molecule has 1 unspecified atom stereocenters. The van der Waals surface area contributed by atoms with Crippen molar-refractivity contribution < 1.29 is 13.6 Å². The topological polar surface area (TPSA) is 17.1 Å². The van der Waals surface area contributed by atoms with Gasteiger partial charge in [-0.15, -0.1) is 0 Å². The first-order valence-electron chi connectivity index (χ1n) is 5.38. The molecule has 16 heavy (non-hydrogen) atoms. The van der Waals surface area contributed by atoms with Crippen LogP contribution in [-0.2, 0) is 11.2 Å². The predicted octanol–water partition coefficient (Wildman–Crippen LogP) is 3.37. The molecule has 0 radical (unpaired) electrons. The van der Waals surface area contributed by atoms with Gasteiger partial charge in [0.15, 0.2) is 0 Å². The minimum atomic E-state index is -0.639. The first-order valence-corrected chi connectivity index (χ1v) is 5.38. The molecule has 1 aromatic rings. The molecule has 0 saturated carbocycles. The van der Waals surface area contributed by atoms with E-state index in [1.807, 2.05) is 20.8 Å². The minimum absolute atomic E-state index is 0.0139. The van der Waals surface area contributed by atoms with Crippen molar-refractivity contribution in [3.8, 4) is 0 Å². The molecule has 0 aliphatic heterocycles. The van der Waals surface area contributed by atoms with Crippen LogP contribution in [0.4, 0.5) is 8.78 Å². The molecule has 0 aromatic heterocycles. The van der Waals surface area contributed by atoms with Crippen LogP contribution in [0.3, 0.4) is 0 Å². The summed E-state index contributed by atoms with van der Waals surface area (Å²) in [7, 11) is 0. The Bertz CT molecular complexity index is 365. The van der Waals surface area contributed by atoms with Gasteiger partial charge in [0, 0.05) is 18.4 Å². The maximum Gasteiger partial charge on any atom is 0.140 e. The van der Waals surface area contributed by atoms with Crippen molar-refractivity contribution in [2.24, 2.45) is 11.8 Å². The zero-order valence-electron chi connectivity index (χ0n) is 9.76. The number of carbonyl (C=O) groups excluding carboxylic acids is 1. The Morgan fingerprint density at radius 2 is 1.62 bits per heavy atom. The summed E-state index contributed by atoms with van der Waals surface area (Å²) in [5.74, 6) is -1.11. The van der Waals surface area contributed by atoms with E-state index in [4.69, 9.17) is 0 Å². The van der Waals surface area contributed by atoms with Crippen molar-refractivity contribution in [2.45, 2.75) is 27.2 Å². The van der Waals surface area contributed by atoms with Gasteiger partial charge in [-0.05, 0) is 23.6 Å². The second-order valence-electron chi connectivity index (χ2n) is 4.45. The van der Waals surface area contributed by atoms with Crippen molar-refractivity contribution in [1.82, 2.24) is 0 Å². The fourth-order valence-electron chi connectivity index (χ4n) is 1.45. The molecule has 1 atom stereocenters. The molecule has 1 rings (SSSR count). The molecular weight excluding hydrogens is 210 g/mol. The first kappa shape index (κ1) is 12.8. The summed E-state index contributed by atoms with van der Waals surface area (Å²) in [6.07, 6.45) is 0.0913. The van der Waals surface area contributed by atoms with Gasteiger partial charge in [-0.2, -0.15) is 0 Å². The highest BCUT2D eigenvalue weighted by molar-refractivity contribution is 5.83. The predicted molar refractivity (Wildman–Crippen MR) is 59.1 cm³/mol. The molecule has 0 saturated heterocycles. The van der Waals surface area contributed by atoms with Gasteiger partial charge in [0.2, 0.25) is 0 Å². The summed E-state index contributed by atoms with van der Waals surface area (Å²) in [5.41, 5.74) is 0.398. The van der Waals surface area contributed by atoms with Gasteiger partial charge in [0.05, 0.1) is 0 Å². The van der Waals surface area contributed by atoms with Crippen LogP contribution in [-0.4, -0.2) is 5.78 Å². The standard InChI is InChI=1S/C13H16F2O/c1-8(2)9(3)13(16)6-10-4-11(14)7-12(15)5-10/h4-5,7-9H,6H2,1-3H3. The molecule has 88 valence electrons. The van der Waals surface area contributed by atoms with Crippen molar-refractivity contribution in [1.29, 1.82) is 0 Å². The highest BCUT2D eigenvalue weighted by Crippen LogP contribution is 2.15. The monoisotopic (exact) mass is 226 g/mol. The number of hydrogen-bond acceptors (Lipinski definition) is 1. The van der Waals surface area contributed by atoms with E-state index in [0.29, 0.717) is 5.56 Å². The summed E-state index contributed by atoms with van der Waals surface area (Å²) in [6, 6.07) is 3.21. The number of halogens is 2. The zero-order chi connectivity index (χ0) is 12.3. The Morgan fingerprint density at radius 1 is 1.12 bits per heavy atom. The van der Waals surface area contributed by atoms with Gasteiger partial charge in [0.25, 0.3) is 0 Å². The van der Waals surface area contributed by atoms with E-state index in [9.17, 15) is 13.6 Å². The van der Waals surface area contributed by atoms with Crippen LogP contribution in [0, 0.1) is 23.5 Å². The van der Waals surface area contributed by atoms with Gasteiger partial charge in [-0.3, -0.25) is 4.79 Å². The maximum absolute atomic E-state index is 12.9. The normalized spacial score (nSPS) is 12.9. The molecule has 0 amide bonds. The lowest BCUT2D eigenvalue weighted by molar-refractivity contribution is -0.122. The molecule has 0 fully saturated rings. The molecule has 1 nitrogen and oxygen atoms in total. The number of carbonyl (C=O) groups is 1. The van der Waals surface area contributed by atoms with Gasteiger partial charge in [-0.25, -0.2) is 8.78 Å². The fraction of sp³-hybridized carbons (Fsp3) is 0.462. The van der Waals surface area contributed by atoms with Crippen LogP contribution in [0.1, 0.15) is 26.3 Å². The number of benzene rings is 1. The highest BCUT2D eigenvalue weighted by Gasteiger charge is 2.17. The Morgan fingerprint density at radius 3 is 2.06 bits per heavy atom. The van der Waals surface area contributed by atoms with Crippen LogP contribution < -0.4 is 0 Å². The zero-order valence-corrected chi connectivity index (χ0v) is 9.76. The Balaban J connectivity index is 2.77. The lowest BCUT2D eigenvalue weighted by Crippen LogP contribution is -2.18. The SMILES string of the molecule is CC(C)C(C)C(=O)Cc1cc(F)cc(F)c1. The van der Waals surface area contributed by atoms with Crippen molar-refractivity contribution in [3.63, 3.8) is 0 Å². The summed E-state index contributed by atoms with van der Waals surface area (Å²) in [5, 5.41) is 0. The molecule has 0 aliphatic carbocycles. The van der Waals surface area contributed by atoms with Crippen LogP contribution in [0.2, 0.25) is 0 Å². The highest BCUT2D eigenvalue weighted by atomic mass is 19.1. The van der Waals surface area contributed by atoms with Crippen LogP contribution in [0.25, 0.3) is 0 Å². The van der Waals surface area contributed by atoms with Crippen molar-refractivity contribution >= 4 is 5.78 Å². The molecule has 0 heterocycles. The van der Waals surface area contributed by atoms with Crippen LogP contribution in [0.5, 0.6) is 0 Å². The summed E-state index contributed by atoms with van der Waals surface area (Å²) in [4.78, 5) is 11.7. The van der Waals surface area contributed by atoms with E-state index >= 15 is 0 Å². The minimum Gasteiger partial charge on any atom is -0.299 e. The van der Waals surface area contributed by atoms with Gasteiger partial charge >= 0.3 is 0 Å². The number of ketones is 1. The first-order chi connectivity index (χ1) is 7.40. The molecule has 3 heteroatoms. The molecule has 0 spiro atoms. The van der Waals surface area contributed by atoms with Crippen LogP contribution in [0.15, 0.2) is 18.2 Å². The Kier molecular flexibility index (Phi) is 4.16. The molecule has 0 N–H and O–H groups in total. The Labute approximate surface area is 94.5 Å². The fourth-order valence-corrected chi connectivity index (χ4v) is 1.45. The van der Waals surface area contributed by atoms with E-state index in [1.165, 1.54) is 12.1 Å². The van der Waals surface area contributed by atoms with Crippen LogP contribution >= 0.6 is 0 Å². The lowest BCUT2D eigenvalue weighted by Gasteiger charge is -2.13. The number of hydrogen-bond donors (Lipinski definition) is 0. The molecular formula is C13H16F2O. The van der Waals surface area contributed by atoms with Gasteiger partial charge in [0.1, 0.15) is 17.4 Å². The van der Waals surface area contributed by atoms with E-state index in [1.54, 1.807) is 0 Å². The molecule has 1 aromatic carbocycles. The maximum atomic E-state index is 12.9. The van der Waals surface area contributed by atoms with E-state index in [-0.39, 0.29) is 24.0 Å². The third-order valence-corrected chi connectivity index (χ3v) is 2.81. The quantitative estimate of drug-likeness (QED) is 0.769. The molecule has 0 aliphatic rings. The lowest BCUT2D eigenvalue weighted by atomic mass is 9.90. The van der Waals surface area contributed by atoms with Crippen molar-refractivity contribution in [2.75, 3.05) is 0 Å². The summed E-state index contributed by atoms with van der Waals surface area (Å²) >= 11 is 0. The third-order valence-electron chi connectivity index (χ3n) is 2.81. The van der Waals surface area contributed by atoms with E-state index in [2.05, 4.69) is 0 Å². The number of Topliss-reactive ketones (excluding diaryl/α,β-unsaturated/α-hetero) is 1. The average Bonchev–Trinajstić information content (AvgIpc) is 2.14. The second-order valence-corrected chi connectivity index (χ2v) is 4.45. The molecule has 0 bridgehead atoms.